The lowest BCUT2D eigenvalue weighted by molar-refractivity contribution is 0.0938. The average molecular weight is 322 g/mol. The number of halogens is 2. The molecule has 1 amide bonds. The van der Waals surface area contributed by atoms with E-state index >= 15 is 0 Å². The maximum atomic E-state index is 13.2. The van der Waals surface area contributed by atoms with Crippen molar-refractivity contribution in [3.63, 3.8) is 0 Å². The molecule has 1 N–H and O–H groups in total. The van der Waals surface area contributed by atoms with Gasteiger partial charge in [-0.25, -0.2) is 4.39 Å². The molecule has 4 heteroatoms. The zero-order valence-electron chi connectivity index (χ0n) is 10.4. The first-order valence-electron chi connectivity index (χ1n) is 5.89. The summed E-state index contributed by atoms with van der Waals surface area (Å²) in [6.45, 7) is 1.89. The topological polar surface area (TPSA) is 29.1 Å². The third-order valence-corrected chi connectivity index (χ3v) is 3.51. The first kappa shape index (κ1) is 13.7. The van der Waals surface area contributed by atoms with Crippen LogP contribution in [-0.2, 0) is 0 Å². The zero-order chi connectivity index (χ0) is 13.8. The Hall–Kier alpha value is -1.68. The SMILES string of the molecule is C[C@@H](NC(=O)c1cc(F)ccc1Br)c1ccccc1. The van der Waals surface area contributed by atoms with Gasteiger partial charge in [0, 0.05) is 4.47 Å². The lowest BCUT2D eigenvalue weighted by Gasteiger charge is -2.15. The fraction of sp³-hybridized carbons (Fsp3) is 0.133. The third-order valence-electron chi connectivity index (χ3n) is 2.82. The summed E-state index contributed by atoms with van der Waals surface area (Å²) in [5.41, 5.74) is 1.30. The standard InChI is InChI=1S/C15H13BrFNO/c1-10(11-5-3-2-4-6-11)18-15(19)13-9-12(17)7-8-14(13)16/h2-10H,1H3,(H,18,19)/t10-/m1/s1. The molecule has 1 atom stereocenters. The van der Waals surface area contributed by atoms with Gasteiger partial charge in [-0.05, 0) is 46.6 Å². The fourth-order valence-corrected chi connectivity index (χ4v) is 2.20. The van der Waals surface area contributed by atoms with Crippen LogP contribution in [0, 0.1) is 5.82 Å². The molecule has 2 rings (SSSR count). The van der Waals surface area contributed by atoms with Crippen LogP contribution in [0.3, 0.4) is 0 Å². The van der Waals surface area contributed by atoms with Crippen molar-refractivity contribution in [3.05, 3.63) is 69.9 Å². The predicted octanol–water partition coefficient (Wildman–Crippen LogP) is 4.08. The summed E-state index contributed by atoms with van der Waals surface area (Å²) < 4.78 is 13.7. The second-order valence-electron chi connectivity index (χ2n) is 4.23. The number of nitrogens with one attached hydrogen (secondary N) is 1. The molecule has 0 saturated carbocycles. The van der Waals surface area contributed by atoms with Gasteiger partial charge in [-0.3, -0.25) is 4.79 Å². The van der Waals surface area contributed by atoms with Gasteiger partial charge >= 0.3 is 0 Å². The highest BCUT2D eigenvalue weighted by molar-refractivity contribution is 9.10. The minimum atomic E-state index is -0.430. The van der Waals surface area contributed by atoms with Crippen LogP contribution in [0.25, 0.3) is 0 Å². The molecular weight excluding hydrogens is 309 g/mol. The molecule has 98 valence electrons. The van der Waals surface area contributed by atoms with Crippen LogP contribution in [0.2, 0.25) is 0 Å². The van der Waals surface area contributed by atoms with E-state index in [0.29, 0.717) is 10.0 Å². The summed E-state index contributed by atoms with van der Waals surface area (Å²) in [6.07, 6.45) is 0. The molecule has 0 aliphatic heterocycles. The second kappa shape index (κ2) is 5.97. The zero-order valence-corrected chi connectivity index (χ0v) is 11.9. The summed E-state index contributed by atoms with van der Waals surface area (Å²) in [4.78, 5) is 12.1. The number of benzene rings is 2. The molecule has 0 heterocycles. The van der Waals surface area contributed by atoms with Crippen molar-refractivity contribution < 1.29 is 9.18 Å². The maximum Gasteiger partial charge on any atom is 0.253 e. The second-order valence-corrected chi connectivity index (χ2v) is 5.08. The summed E-state index contributed by atoms with van der Waals surface area (Å²) in [5.74, 6) is -0.733. The summed E-state index contributed by atoms with van der Waals surface area (Å²) >= 11 is 3.25. The van der Waals surface area contributed by atoms with Crippen LogP contribution in [0.5, 0.6) is 0 Å². The lowest BCUT2D eigenvalue weighted by Crippen LogP contribution is -2.27. The minimum Gasteiger partial charge on any atom is -0.345 e. The lowest BCUT2D eigenvalue weighted by atomic mass is 10.1. The molecule has 0 aliphatic carbocycles. The van der Waals surface area contributed by atoms with Gasteiger partial charge in [0.15, 0.2) is 0 Å². The van der Waals surface area contributed by atoms with Gasteiger partial charge < -0.3 is 5.32 Å². The summed E-state index contributed by atoms with van der Waals surface area (Å²) in [6, 6.07) is 13.5. The summed E-state index contributed by atoms with van der Waals surface area (Å²) in [7, 11) is 0. The van der Waals surface area contributed by atoms with Crippen LogP contribution in [-0.4, -0.2) is 5.91 Å². The quantitative estimate of drug-likeness (QED) is 0.906. The van der Waals surface area contributed by atoms with Crippen molar-refractivity contribution in [1.82, 2.24) is 5.32 Å². The third kappa shape index (κ3) is 3.41. The molecule has 0 fully saturated rings. The van der Waals surface area contributed by atoms with Crippen LogP contribution in [0.1, 0.15) is 28.9 Å². The number of carbonyl (C=O) groups excluding carboxylic acids is 1. The van der Waals surface area contributed by atoms with Gasteiger partial charge in [-0.2, -0.15) is 0 Å². The molecule has 0 aromatic heterocycles. The number of rotatable bonds is 3. The van der Waals surface area contributed by atoms with E-state index in [2.05, 4.69) is 21.2 Å². The Morgan fingerprint density at radius 1 is 1.21 bits per heavy atom. The number of amides is 1. The van der Waals surface area contributed by atoms with Crippen LogP contribution < -0.4 is 5.32 Å². The normalized spacial score (nSPS) is 11.9. The van der Waals surface area contributed by atoms with Crippen molar-refractivity contribution in [1.29, 1.82) is 0 Å². The molecule has 0 saturated heterocycles. The van der Waals surface area contributed by atoms with Gasteiger partial charge in [0.25, 0.3) is 5.91 Å². The number of hydrogen-bond donors (Lipinski definition) is 1. The van der Waals surface area contributed by atoms with E-state index in [0.717, 1.165) is 5.56 Å². The smallest absolute Gasteiger partial charge is 0.253 e. The number of carbonyl (C=O) groups is 1. The van der Waals surface area contributed by atoms with E-state index in [1.807, 2.05) is 37.3 Å². The highest BCUT2D eigenvalue weighted by Crippen LogP contribution is 2.19. The largest absolute Gasteiger partial charge is 0.345 e. The van der Waals surface area contributed by atoms with E-state index in [1.54, 1.807) is 0 Å². The molecule has 19 heavy (non-hydrogen) atoms. The van der Waals surface area contributed by atoms with E-state index in [9.17, 15) is 9.18 Å². The van der Waals surface area contributed by atoms with Crippen molar-refractivity contribution in [3.8, 4) is 0 Å². The number of hydrogen-bond acceptors (Lipinski definition) is 1. The monoisotopic (exact) mass is 321 g/mol. The van der Waals surface area contributed by atoms with Crippen molar-refractivity contribution >= 4 is 21.8 Å². The van der Waals surface area contributed by atoms with Gasteiger partial charge in [0.05, 0.1) is 11.6 Å². The molecule has 0 aliphatic rings. The molecule has 0 spiro atoms. The van der Waals surface area contributed by atoms with E-state index in [1.165, 1.54) is 18.2 Å². The van der Waals surface area contributed by atoms with Crippen molar-refractivity contribution in [2.24, 2.45) is 0 Å². The highest BCUT2D eigenvalue weighted by Gasteiger charge is 2.14. The Morgan fingerprint density at radius 3 is 2.58 bits per heavy atom. The Kier molecular flexibility index (Phi) is 4.32. The van der Waals surface area contributed by atoms with Gasteiger partial charge in [-0.15, -0.1) is 0 Å². The Bertz CT molecular complexity index is 586. The average Bonchev–Trinajstić information content (AvgIpc) is 2.42. The minimum absolute atomic E-state index is 0.135. The Balaban J connectivity index is 2.15. The van der Waals surface area contributed by atoms with Crippen LogP contribution >= 0.6 is 15.9 Å². The molecule has 0 unspecified atom stereocenters. The first-order valence-corrected chi connectivity index (χ1v) is 6.68. The van der Waals surface area contributed by atoms with Crippen LogP contribution in [0.15, 0.2) is 53.0 Å². The van der Waals surface area contributed by atoms with Crippen molar-refractivity contribution in [2.45, 2.75) is 13.0 Å². The Labute approximate surface area is 119 Å². The molecule has 2 aromatic carbocycles. The van der Waals surface area contributed by atoms with Crippen molar-refractivity contribution in [2.75, 3.05) is 0 Å². The van der Waals surface area contributed by atoms with E-state index in [4.69, 9.17) is 0 Å². The molecular formula is C15H13BrFNO. The van der Waals surface area contributed by atoms with E-state index in [-0.39, 0.29) is 11.9 Å². The highest BCUT2D eigenvalue weighted by atomic mass is 79.9. The maximum absolute atomic E-state index is 13.2. The van der Waals surface area contributed by atoms with Crippen LogP contribution in [0.4, 0.5) is 4.39 Å². The molecule has 2 nitrogen and oxygen atoms in total. The van der Waals surface area contributed by atoms with Gasteiger partial charge in [-0.1, -0.05) is 30.3 Å². The van der Waals surface area contributed by atoms with Gasteiger partial charge in [0.1, 0.15) is 5.82 Å². The summed E-state index contributed by atoms with van der Waals surface area (Å²) in [5, 5.41) is 2.84. The first-order chi connectivity index (χ1) is 9.08. The molecule has 0 bridgehead atoms. The predicted molar refractivity (Wildman–Crippen MR) is 76.4 cm³/mol. The van der Waals surface area contributed by atoms with Gasteiger partial charge in [0.2, 0.25) is 0 Å². The fourth-order valence-electron chi connectivity index (χ4n) is 1.77. The molecule has 2 aromatic rings. The Morgan fingerprint density at radius 2 is 1.89 bits per heavy atom. The van der Waals surface area contributed by atoms with E-state index < -0.39 is 5.82 Å². The molecule has 0 radical (unpaired) electrons.